The third-order valence-corrected chi connectivity index (χ3v) is 6.08. The number of morpholine rings is 1. The van der Waals surface area contributed by atoms with E-state index in [0.717, 1.165) is 0 Å². The molecule has 0 bridgehead atoms. The fraction of sp³-hybridized carbons (Fsp3) is 0.278. The number of benzene rings is 1. The number of amidine groups is 1. The lowest BCUT2D eigenvalue weighted by Gasteiger charge is -2.32. The second-order valence-electron chi connectivity index (χ2n) is 5.97. The molecule has 3 N–H and O–H groups in total. The average molecular weight is 437 g/mol. The lowest BCUT2D eigenvalue weighted by molar-refractivity contribution is 0.00373. The topological polar surface area (TPSA) is 117 Å². The van der Waals surface area contributed by atoms with Gasteiger partial charge in [-0.15, -0.1) is 17.7 Å². The molecule has 1 aliphatic rings. The smallest absolute Gasteiger partial charge is 0.110 e. The first-order valence-electron chi connectivity index (χ1n) is 8.29. The molecule has 0 aliphatic carbocycles. The van der Waals surface area contributed by atoms with Crippen LogP contribution in [-0.2, 0) is 4.74 Å². The van der Waals surface area contributed by atoms with E-state index in [0.29, 0.717) is 62.6 Å². The van der Waals surface area contributed by atoms with E-state index >= 15 is 0 Å². The maximum Gasteiger partial charge on any atom is 0.110 e. The van der Waals surface area contributed by atoms with Gasteiger partial charge in [0.15, 0.2) is 0 Å². The van der Waals surface area contributed by atoms with Gasteiger partial charge in [-0.3, -0.25) is 0 Å². The van der Waals surface area contributed by atoms with Crippen LogP contribution in [-0.4, -0.2) is 49.7 Å². The first-order chi connectivity index (χ1) is 13.5. The van der Waals surface area contributed by atoms with Crippen LogP contribution in [0, 0.1) is 11.3 Å². The summed E-state index contributed by atoms with van der Waals surface area (Å²) >= 11 is 13.7. The second kappa shape index (κ2) is 8.90. The Kier molecular flexibility index (Phi) is 6.54. The molecule has 1 aromatic carbocycles. The lowest BCUT2D eigenvalue weighted by atomic mass is 10.0. The van der Waals surface area contributed by atoms with E-state index in [9.17, 15) is 10.4 Å². The summed E-state index contributed by atoms with van der Waals surface area (Å²) in [6, 6.07) is 7.22. The summed E-state index contributed by atoms with van der Waals surface area (Å²) in [4.78, 5) is 6.25. The van der Waals surface area contributed by atoms with Crippen LogP contribution in [0.3, 0.4) is 0 Å². The van der Waals surface area contributed by atoms with E-state index in [-0.39, 0.29) is 18.5 Å². The molecule has 0 saturated carbocycles. The van der Waals surface area contributed by atoms with E-state index in [1.165, 1.54) is 11.3 Å². The summed E-state index contributed by atoms with van der Waals surface area (Å²) in [7, 11) is 0. The van der Waals surface area contributed by atoms with Gasteiger partial charge < -0.3 is 30.9 Å². The Morgan fingerprint density at radius 2 is 2.32 bits per heavy atom. The molecule has 146 valence electrons. The van der Waals surface area contributed by atoms with Crippen LogP contribution in [0.4, 0.5) is 5.00 Å². The van der Waals surface area contributed by atoms with Gasteiger partial charge in [-0.1, -0.05) is 29.3 Å². The van der Waals surface area contributed by atoms with Crippen LogP contribution in [0.5, 0.6) is 0 Å². The summed E-state index contributed by atoms with van der Waals surface area (Å²) in [5.74, 6) is 0.0586. The first-order valence-corrected chi connectivity index (χ1v) is 9.86. The van der Waals surface area contributed by atoms with E-state index in [2.05, 4.69) is 11.1 Å². The summed E-state index contributed by atoms with van der Waals surface area (Å²) in [5, 5.41) is 29.9. The van der Waals surface area contributed by atoms with Crippen molar-refractivity contribution >= 4 is 51.7 Å². The SMILES string of the molecule is N#Cc1c(N2CCO[C@H](CO)C2)sc(C(N)=NC=[N-])c1-c1ccc(Cl)cc1Cl. The van der Waals surface area contributed by atoms with Gasteiger partial charge >= 0.3 is 0 Å². The van der Waals surface area contributed by atoms with Crippen molar-refractivity contribution in [1.82, 2.24) is 0 Å². The zero-order valence-electron chi connectivity index (χ0n) is 14.6. The van der Waals surface area contributed by atoms with Crippen LogP contribution < -0.4 is 10.6 Å². The van der Waals surface area contributed by atoms with Crippen molar-refractivity contribution in [2.45, 2.75) is 6.10 Å². The van der Waals surface area contributed by atoms with Crippen molar-refractivity contribution in [3.8, 4) is 17.2 Å². The monoisotopic (exact) mass is 436 g/mol. The van der Waals surface area contributed by atoms with Gasteiger partial charge in [0.05, 0.1) is 29.8 Å². The standard InChI is InChI=1S/C18H16Cl2N5O2S/c19-10-1-2-12(14(20)5-10)15-13(6-21)18(28-16(15)17(23)24-9-22)25-3-4-27-11(7-25)8-26/h1-2,5,9,11,26H,3-4,7-8H2,(H2-,22,23,24)/q-1/t11-/m0/s1. The lowest BCUT2D eigenvalue weighted by Crippen LogP contribution is -2.44. The Morgan fingerprint density at radius 1 is 1.54 bits per heavy atom. The fourth-order valence-electron chi connectivity index (χ4n) is 3.01. The molecule has 10 heteroatoms. The third-order valence-electron chi connectivity index (χ3n) is 4.26. The molecule has 1 aliphatic heterocycles. The number of aliphatic hydroxyl groups is 1. The van der Waals surface area contributed by atoms with E-state index < -0.39 is 0 Å². The number of anilines is 1. The van der Waals surface area contributed by atoms with Crippen molar-refractivity contribution in [2.24, 2.45) is 10.7 Å². The average Bonchev–Trinajstić information content (AvgIpc) is 3.07. The number of rotatable bonds is 5. The summed E-state index contributed by atoms with van der Waals surface area (Å²) in [5.41, 5.74) is 7.55. The van der Waals surface area contributed by atoms with Gasteiger partial charge in [0.1, 0.15) is 11.1 Å². The highest BCUT2D eigenvalue weighted by molar-refractivity contribution is 7.19. The maximum atomic E-state index is 9.93. The second-order valence-corrected chi connectivity index (χ2v) is 7.82. The molecule has 2 heterocycles. The van der Waals surface area contributed by atoms with Crippen molar-refractivity contribution < 1.29 is 9.84 Å². The predicted octanol–water partition coefficient (Wildman–Crippen LogP) is 3.09. The molecule has 1 saturated heterocycles. The number of hydrogen-bond acceptors (Lipinski definition) is 5. The fourth-order valence-corrected chi connectivity index (χ4v) is 4.72. The quantitative estimate of drug-likeness (QED) is 0.551. The Morgan fingerprint density at radius 3 is 2.96 bits per heavy atom. The predicted molar refractivity (Wildman–Crippen MR) is 114 cm³/mol. The molecule has 7 nitrogen and oxygen atoms in total. The van der Waals surface area contributed by atoms with Crippen LogP contribution >= 0.6 is 34.5 Å². The molecule has 0 amide bonds. The van der Waals surface area contributed by atoms with Crippen molar-refractivity contribution in [3.05, 3.63) is 44.1 Å². The van der Waals surface area contributed by atoms with Crippen LogP contribution in [0.25, 0.3) is 16.5 Å². The number of nitrogens with two attached hydrogens (primary N) is 1. The molecule has 1 fully saturated rings. The van der Waals surface area contributed by atoms with Gasteiger partial charge in [-0.25, -0.2) is 0 Å². The van der Waals surface area contributed by atoms with Gasteiger partial charge in [0.25, 0.3) is 0 Å². The Balaban J connectivity index is 2.22. The highest BCUT2D eigenvalue weighted by Crippen LogP contribution is 2.44. The van der Waals surface area contributed by atoms with Gasteiger partial charge in [-0.2, -0.15) is 5.26 Å². The first kappa shape index (κ1) is 20.6. The molecule has 1 atom stereocenters. The Labute approximate surface area is 176 Å². The molecule has 0 spiro atoms. The normalized spacial score (nSPS) is 17.4. The highest BCUT2D eigenvalue weighted by atomic mass is 35.5. The van der Waals surface area contributed by atoms with Crippen LogP contribution in [0.2, 0.25) is 10.0 Å². The van der Waals surface area contributed by atoms with E-state index in [1.807, 2.05) is 4.90 Å². The molecule has 1 aromatic heterocycles. The highest BCUT2D eigenvalue weighted by Gasteiger charge is 2.28. The van der Waals surface area contributed by atoms with Gasteiger partial charge in [-0.05, 0) is 12.1 Å². The molecule has 0 radical (unpaired) electrons. The largest absolute Gasteiger partial charge is 0.472 e. The zero-order chi connectivity index (χ0) is 20.3. The summed E-state index contributed by atoms with van der Waals surface area (Å²) in [6.45, 7) is 1.30. The zero-order valence-corrected chi connectivity index (χ0v) is 16.9. The minimum Gasteiger partial charge on any atom is -0.472 e. The van der Waals surface area contributed by atoms with Crippen molar-refractivity contribution in [2.75, 3.05) is 31.2 Å². The molecule has 28 heavy (non-hydrogen) atoms. The number of halogens is 2. The maximum absolute atomic E-state index is 9.93. The van der Waals surface area contributed by atoms with Crippen molar-refractivity contribution in [1.29, 1.82) is 5.26 Å². The van der Waals surface area contributed by atoms with Gasteiger partial charge in [0, 0.05) is 40.1 Å². The number of nitrogens with zero attached hydrogens (tertiary/aromatic N) is 4. The number of hydrogen-bond donors (Lipinski definition) is 2. The van der Waals surface area contributed by atoms with E-state index in [1.54, 1.807) is 18.2 Å². The van der Waals surface area contributed by atoms with E-state index in [4.69, 9.17) is 39.1 Å². The molecule has 0 unspecified atom stereocenters. The number of thiophene rings is 1. The molecule has 3 rings (SSSR count). The molecular formula is C18H16Cl2N5O2S-. The summed E-state index contributed by atoms with van der Waals surface area (Å²) in [6.07, 6.45) is 0.259. The minimum atomic E-state index is -0.342. The van der Waals surface area contributed by atoms with Crippen LogP contribution in [0.15, 0.2) is 23.2 Å². The number of aliphatic hydroxyl groups excluding tert-OH is 1. The third kappa shape index (κ3) is 3.99. The molecule has 2 aromatic rings. The number of nitriles is 1. The number of aliphatic imine (C=N–C) groups is 1. The molecular weight excluding hydrogens is 421 g/mol. The minimum absolute atomic E-state index is 0.0586. The Hall–Kier alpha value is -2.15. The summed E-state index contributed by atoms with van der Waals surface area (Å²) < 4.78 is 5.50. The van der Waals surface area contributed by atoms with Gasteiger partial charge in [0.2, 0.25) is 0 Å². The van der Waals surface area contributed by atoms with Crippen molar-refractivity contribution in [3.63, 3.8) is 0 Å². The van der Waals surface area contributed by atoms with Crippen LogP contribution in [0.1, 0.15) is 10.4 Å². The number of ether oxygens (including phenoxy) is 1. The Bertz CT molecular complexity index is 970.